The van der Waals surface area contributed by atoms with Gasteiger partial charge in [-0.1, -0.05) is 0 Å². The van der Waals surface area contributed by atoms with Gasteiger partial charge < -0.3 is 14.8 Å². The number of ether oxygens (including phenoxy) is 2. The molecule has 2 rings (SSSR count). The molecule has 1 heterocycles. The number of aryl methyl sites for hydroxylation is 2. The van der Waals surface area contributed by atoms with Gasteiger partial charge in [0.25, 0.3) is 5.91 Å². The van der Waals surface area contributed by atoms with E-state index in [1.165, 1.54) is 11.8 Å². The predicted molar refractivity (Wildman–Crippen MR) is 105 cm³/mol. The summed E-state index contributed by atoms with van der Waals surface area (Å²) in [6.07, 6.45) is -0.891. The Labute approximate surface area is 163 Å². The number of anilines is 1. The molecule has 1 aromatic heterocycles. The summed E-state index contributed by atoms with van der Waals surface area (Å²) in [6.45, 7) is 7.76. The number of carbonyl (C=O) groups excluding carboxylic acids is 2. The number of benzene rings is 1. The minimum Gasteiger partial charge on any atom is -0.494 e. The molecular formula is C19H25N3O4S. The van der Waals surface area contributed by atoms with E-state index in [1.54, 1.807) is 18.7 Å². The van der Waals surface area contributed by atoms with Gasteiger partial charge in [-0.25, -0.2) is 0 Å². The standard InChI is InChI=1S/C19H25N3O4S/c1-6-25-15-7-9-16(10-8-15)27-11-17(23)26-14(4)19(24)20-18-12(2)21-22(5)13(18)3/h7-10,14H,6,11H2,1-5H3,(H,20,24)/t14-/m1/s1. The van der Waals surface area contributed by atoms with E-state index in [4.69, 9.17) is 9.47 Å². The van der Waals surface area contributed by atoms with Crippen molar-refractivity contribution in [1.29, 1.82) is 0 Å². The zero-order chi connectivity index (χ0) is 20.0. The molecule has 0 unspecified atom stereocenters. The molecule has 0 saturated heterocycles. The van der Waals surface area contributed by atoms with Crippen LogP contribution in [0.3, 0.4) is 0 Å². The number of thioether (sulfide) groups is 1. The van der Waals surface area contributed by atoms with Gasteiger partial charge in [0.15, 0.2) is 6.10 Å². The molecule has 0 bridgehead atoms. The lowest BCUT2D eigenvalue weighted by atomic mass is 10.3. The number of hydrogen-bond donors (Lipinski definition) is 1. The Kier molecular flexibility index (Phi) is 7.29. The van der Waals surface area contributed by atoms with Gasteiger partial charge in [0.05, 0.1) is 29.4 Å². The molecule has 0 fully saturated rings. The van der Waals surface area contributed by atoms with Gasteiger partial charge in [0.1, 0.15) is 5.75 Å². The number of nitrogens with one attached hydrogen (secondary N) is 1. The van der Waals surface area contributed by atoms with Gasteiger partial charge in [0, 0.05) is 11.9 Å². The molecule has 8 heteroatoms. The quantitative estimate of drug-likeness (QED) is 0.550. The third kappa shape index (κ3) is 5.75. The maximum Gasteiger partial charge on any atom is 0.317 e. The maximum absolute atomic E-state index is 12.3. The molecule has 0 radical (unpaired) electrons. The number of nitrogens with zero attached hydrogens (tertiary/aromatic N) is 2. The Bertz CT molecular complexity index is 802. The molecule has 1 amide bonds. The number of aromatic nitrogens is 2. The third-order valence-corrected chi connectivity index (χ3v) is 4.91. The van der Waals surface area contributed by atoms with Crippen LogP contribution in [0.1, 0.15) is 25.2 Å². The molecule has 1 aromatic carbocycles. The van der Waals surface area contributed by atoms with Gasteiger partial charge in [-0.05, 0) is 52.0 Å². The Morgan fingerprint density at radius 1 is 1.26 bits per heavy atom. The highest BCUT2D eigenvalue weighted by atomic mass is 32.2. The van der Waals surface area contributed by atoms with Crippen molar-refractivity contribution in [1.82, 2.24) is 9.78 Å². The summed E-state index contributed by atoms with van der Waals surface area (Å²) in [5.74, 6) is 0.0804. The van der Waals surface area contributed by atoms with E-state index in [1.807, 2.05) is 45.0 Å². The summed E-state index contributed by atoms with van der Waals surface area (Å²) in [7, 11) is 1.81. The Balaban J connectivity index is 1.82. The molecule has 146 valence electrons. The normalized spacial score (nSPS) is 11.7. The maximum atomic E-state index is 12.3. The topological polar surface area (TPSA) is 82.4 Å². The van der Waals surface area contributed by atoms with Crippen molar-refractivity contribution in [3.05, 3.63) is 35.7 Å². The van der Waals surface area contributed by atoms with Gasteiger partial charge in [-0.2, -0.15) is 5.10 Å². The fourth-order valence-corrected chi connectivity index (χ4v) is 3.09. The van der Waals surface area contributed by atoms with Gasteiger partial charge >= 0.3 is 5.97 Å². The largest absolute Gasteiger partial charge is 0.494 e. The molecule has 7 nitrogen and oxygen atoms in total. The fourth-order valence-electron chi connectivity index (χ4n) is 2.41. The Hall–Kier alpha value is -2.48. The lowest BCUT2D eigenvalue weighted by molar-refractivity contribution is -0.150. The monoisotopic (exact) mass is 391 g/mol. The molecule has 0 aliphatic carbocycles. The zero-order valence-corrected chi connectivity index (χ0v) is 17.1. The highest BCUT2D eigenvalue weighted by Crippen LogP contribution is 2.22. The average Bonchev–Trinajstić information content (AvgIpc) is 2.87. The summed E-state index contributed by atoms with van der Waals surface area (Å²) in [5, 5.41) is 7.02. The second-order valence-electron chi connectivity index (χ2n) is 5.98. The molecule has 2 aromatic rings. The summed E-state index contributed by atoms with van der Waals surface area (Å²) in [5.41, 5.74) is 2.20. The number of amides is 1. The summed E-state index contributed by atoms with van der Waals surface area (Å²) in [6, 6.07) is 7.47. The van der Waals surface area contributed by atoms with E-state index >= 15 is 0 Å². The van der Waals surface area contributed by atoms with E-state index in [9.17, 15) is 9.59 Å². The van der Waals surface area contributed by atoms with E-state index < -0.39 is 12.1 Å². The van der Waals surface area contributed by atoms with Crippen LogP contribution >= 0.6 is 11.8 Å². The van der Waals surface area contributed by atoms with Crippen molar-refractivity contribution in [2.24, 2.45) is 7.05 Å². The molecule has 0 aliphatic rings. The van der Waals surface area contributed by atoms with Crippen molar-refractivity contribution < 1.29 is 19.1 Å². The van der Waals surface area contributed by atoms with Crippen molar-refractivity contribution in [3.63, 3.8) is 0 Å². The average molecular weight is 391 g/mol. The summed E-state index contributed by atoms with van der Waals surface area (Å²) < 4.78 is 12.3. The number of esters is 1. The Morgan fingerprint density at radius 2 is 1.93 bits per heavy atom. The summed E-state index contributed by atoms with van der Waals surface area (Å²) >= 11 is 1.35. The van der Waals surface area contributed by atoms with Crippen molar-refractivity contribution in [3.8, 4) is 5.75 Å². The minimum atomic E-state index is -0.891. The number of carbonyl (C=O) groups is 2. The predicted octanol–water partition coefficient (Wildman–Crippen LogP) is 3.10. The second kappa shape index (κ2) is 9.45. The molecule has 0 spiro atoms. The second-order valence-corrected chi connectivity index (χ2v) is 7.03. The molecule has 1 atom stereocenters. The van der Waals surface area contributed by atoms with Crippen LogP contribution in [0.15, 0.2) is 29.2 Å². The van der Waals surface area contributed by atoms with Crippen LogP contribution in [-0.2, 0) is 21.4 Å². The van der Waals surface area contributed by atoms with E-state index in [0.29, 0.717) is 18.0 Å². The third-order valence-electron chi connectivity index (χ3n) is 3.93. The lowest BCUT2D eigenvalue weighted by Crippen LogP contribution is -2.30. The van der Waals surface area contributed by atoms with Crippen LogP contribution in [0, 0.1) is 13.8 Å². The first kappa shape index (κ1) is 20.8. The van der Waals surface area contributed by atoms with Crippen LogP contribution in [0.25, 0.3) is 0 Å². The van der Waals surface area contributed by atoms with Gasteiger partial charge in [-0.15, -0.1) is 11.8 Å². The molecule has 27 heavy (non-hydrogen) atoms. The zero-order valence-electron chi connectivity index (χ0n) is 16.2. The van der Waals surface area contributed by atoms with E-state index in [2.05, 4.69) is 10.4 Å². The minimum absolute atomic E-state index is 0.122. The first-order valence-corrected chi connectivity index (χ1v) is 9.66. The van der Waals surface area contributed by atoms with Crippen LogP contribution in [0.4, 0.5) is 5.69 Å². The van der Waals surface area contributed by atoms with Crippen LogP contribution in [0.2, 0.25) is 0 Å². The van der Waals surface area contributed by atoms with Crippen LogP contribution < -0.4 is 10.1 Å². The molecule has 0 aliphatic heterocycles. The van der Waals surface area contributed by atoms with Crippen molar-refractivity contribution in [2.45, 2.75) is 38.7 Å². The summed E-state index contributed by atoms with van der Waals surface area (Å²) in [4.78, 5) is 25.2. The van der Waals surface area contributed by atoms with Crippen molar-refractivity contribution in [2.75, 3.05) is 17.7 Å². The number of hydrogen-bond acceptors (Lipinski definition) is 6. The number of rotatable bonds is 8. The highest BCUT2D eigenvalue weighted by Gasteiger charge is 2.20. The highest BCUT2D eigenvalue weighted by molar-refractivity contribution is 8.00. The lowest BCUT2D eigenvalue weighted by Gasteiger charge is -2.13. The molecular weight excluding hydrogens is 366 g/mol. The van der Waals surface area contributed by atoms with Gasteiger partial charge in [-0.3, -0.25) is 14.3 Å². The van der Waals surface area contributed by atoms with Crippen molar-refractivity contribution >= 4 is 29.3 Å². The first-order valence-electron chi connectivity index (χ1n) is 8.68. The fraction of sp³-hybridized carbons (Fsp3) is 0.421. The van der Waals surface area contributed by atoms with E-state index in [0.717, 1.165) is 16.3 Å². The smallest absolute Gasteiger partial charge is 0.317 e. The Morgan fingerprint density at radius 3 is 2.48 bits per heavy atom. The van der Waals surface area contributed by atoms with Crippen LogP contribution in [-0.4, -0.2) is 40.1 Å². The first-order chi connectivity index (χ1) is 12.8. The van der Waals surface area contributed by atoms with Crippen LogP contribution in [0.5, 0.6) is 5.75 Å². The SMILES string of the molecule is CCOc1ccc(SCC(=O)O[C@H](C)C(=O)Nc2c(C)nn(C)c2C)cc1. The molecule has 0 saturated carbocycles. The van der Waals surface area contributed by atoms with E-state index in [-0.39, 0.29) is 11.7 Å². The van der Waals surface area contributed by atoms with Gasteiger partial charge in [0.2, 0.25) is 0 Å². The molecule has 1 N–H and O–H groups in total.